The van der Waals surface area contributed by atoms with Crippen molar-refractivity contribution in [3.63, 3.8) is 0 Å². The van der Waals surface area contributed by atoms with Gasteiger partial charge in [-0.15, -0.1) is 0 Å². The molecule has 0 aliphatic heterocycles. The number of carbonyl (C=O) groups is 2. The first-order chi connectivity index (χ1) is 18.3. The molecule has 0 aromatic heterocycles. The minimum absolute atomic E-state index is 0.0314. The number of nitrogens with one attached hydrogen (secondary N) is 1. The molecule has 206 valence electrons. The number of hydrogen-bond donors (Lipinski definition) is 4. The van der Waals surface area contributed by atoms with Gasteiger partial charge in [0, 0.05) is 31.8 Å². The minimum atomic E-state index is -0.265. The lowest BCUT2D eigenvalue weighted by Crippen LogP contribution is -2.33. The molecule has 0 bridgehead atoms. The molecule has 2 amide bonds. The van der Waals surface area contributed by atoms with Gasteiger partial charge in [-0.3, -0.25) is 9.59 Å². The van der Waals surface area contributed by atoms with Gasteiger partial charge in [-0.2, -0.15) is 0 Å². The van der Waals surface area contributed by atoms with Crippen LogP contribution in [0.4, 0.5) is 0 Å². The number of methoxy groups -OCH3 is 3. The number of carbonyl (C=O) groups excluding carboxylic acids is 2. The molecule has 0 aliphatic rings. The van der Waals surface area contributed by atoms with Gasteiger partial charge in [-0.1, -0.05) is 6.07 Å². The molecule has 10 nitrogen and oxygen atoms in total. The first-order valence-corrected chi connectivity index (χ1v) is 12.3. The fourth-order valence-electron chi connectivity index (χ4n) is 3.57. The van der Waals surface area contributed by atoms with Gasteiger partial charge in [0.25, 0.3) is 0 Å². The van der Waals surface area contributed by atoms with Crippen molar-refractivity contribution in [1.82, 2.24) is 10.2 Å². The number of ether oxygens (including phenoxy) is 3. The molecule has 38 heavy (non-hydrogen) atoms. The lowest BCUT2D eigenvalue weighted by molar-refractivity contribution is -0.126. The Labute approximate surface area is 223 Å². The second-order valence-corrected chi connectivity index (χ2v) is 8.34. The third-order valence-electron chi connectivity index (χ3n) is 5.65. The van der Waals surface area contributed by atoms with Gasteiger partial charge in [0.15, 0.2) is 23.0 Å². The van der Waals surface area contributed by atoms with Crippen LogP contribution in [0.1, 0.15) is 30.4 Å². The van der Waals surface area contributed by atoms with E-state index in [0.717, 1.165) is 5.56 Å². The van der Waals surface area contributed by atoms with Crippen molar-refractivity contribution in [1.29, 1.82) is 0 Å². The molecule has 2 aromatic rings. The molecular weight excluding hydrogens is 490 g/mol. The Morgan fingerprint density at radius 3 is 2.11 bits per heavy atom. The Morgan fingerprint density at radius 2 is 1.47 bits per heavy atom. The molecule has 0 heterocycles. The van der Waals surface area contributed by atoms with Crippen LogP contribution in [0.2, 0.25) is 0 Å². The van der Waals surface area contributed by atoms with Crippen LogP contribution in [0.25, 0.3) is 12.2 Å². The molecule has 0 atom stereocenters. The standard InChI is InChI=1S/C28H37N3O7/c1-36-23-17-20(7-10-22(23)32)9-12-27(34)31(16-6-13-29)15-5-4-14-30-26(33)11-8-21-18-24(37-2)28(35)25(19-21)38-3/h7-12,17-19,32,35H,4-6,13-16,29H2,1-3H3,(H,30,33)/b11-8+,12-9+. The highest BCUT2D eigenvalue weighted by atomic mass is 16.5. The quantitative estimate of drug-likeness (QED) is 0.204. The molecule has 2 aromatic carbocycles. The SMILES string of the molecule is COc1cc(/C=C/C(=O)N(CCCN)CCCCNC(=O)/C=C/c2cc(OC)c(O)c(OC)c2)ccc1O. The van der Waals surface area contributed by atoms with Crippen LogP contribution in [-0.2, 0) is 9.59 Å². The van der Waals surface area contributed by atoms with E-state index in [0.29, 0.717) is 56.8 Å². The number of amides is 2. The zero-order valence-corrected chi connectivity index (χ0v) is 22.1. The summed E-state index contributed by atoms with van der Waals surface area (Å²) in [7, 11) is 4.33. The summed E-state index contributed by atoms with van der Waals surface area (Å²) in [5.74, 6) is 0.345. The Kier molecular flexibility index (Phi) is 12.5. The second kappa shape index (κ2) is 15.8. The highest BCUT2D eigenvalue weighted by Crippen LogP contribution is 2.37. The molecule has 0 spiro atoms. The maximum atomic E-state index is 12.8. The summed E-state index contributed by atoms with van der Waals surface area (Å²) in [4.78, 5) is 26.7. The van der Waals surface area contributed by atoms with E-state index in [2.05, 4.69) is 5.32 Å². The number of nitrogens with two attached hydrogens (primary N) is 1. The van der Waals surface area contributed by atoms with Crippen molar-refractivity contribution in [3.05, 3.63) is 53.6 Å². The predicted molar refractivity (Wildman–Crippen MR) is 146 cm³/mol. The molecular formula is C28H37N3O7. The molecule has 10 heteroatoms. The topological polar surface area (TPSA) is 144 Å². The number of phenolic OH excluding ortho intramolecular Hbond substituents is 2. The van der Waals surface area contributed by atoms with Crippen molar-refractivity contribution < 1.29 is 34.0 Å². The molecule has 0 aliphatic carbocycles. The third-order valence-corrected chi connectivity index (χ3v) is 5.65. The van der Waals surface area contributed by atoms with Crippen LogP contribution in [0, 0.1) is 0 Å². The number of benzene rings is 2. The van der Waals surface area contributed by atoms with Crippen LogP contribution in [-0.4, -0.2) is 74.4 Å². The van der Waals surface area contributed by atoms with E-state index in [1.165, 1.54) is 39.5 Å². The normalized spacial score (nSPS) is 11.1. The molecule has 0 unspecified atom stereocenters. The number of phenols is 2. The first-order valence-electron chi connectivity index (χ1n) is 12.3. The van der Waals surface area contributed by atoms with E-state index >= 15 is 0 Å². The summed E-state index contributed by atoms with van der Waals surface area (Å²) in [6.45, 7) is 1.99. The Bertz CT molecular complexity index is 1110. The lowest BCUT2D eigenvalue weighted by Gasteiger charge is -2.21. The zero-order valence-electron chi connectivity index (χ0n) is 22.1. The lowest BCUT2D eigenvalue weighted by atomic mass is 10.1. The average molecular weight is 528 g/mol. The minimum Gasteiger partial charge on any atom is -0.504 e. The molecule has 0 radical (unpaired) electrons. The van der Waals surface area contributed by atoms with Crippen LogP contribution in [0.15, 0.2) is 42.5 Å². The van der Waals surface area contributed by atoms with Crippen LogP contribution < -0.4 is 25.3 Å². The van der Waals surface area contributed by atoms with Crippen LogP contribution in [0.3, 0.4) is 0 Å². The number of nitrogens with zero attached hydrogens (tertiary/aromatic N) is 1. The van der Waals surface area contributed by atoms with E-state index in [1.54, 1.807) is 41.3 Å². The summed E-state index contributed by atoms with van der Waals surface area (Å²) < 4.78 is 15.3. The van der Waals surface area contributed by atoms with Crippen LogP contribution >= 0.6 is 0 Å². The largest absolute Gasteiger partial charge is 0.504 e. The van der Waals surface area contributed by atoms with Crippen molar-refractivity contribution in [2.45, 2.75) is 19.3 Å². The molecule has 0 fully saturated rings. The van der Waals surface area contributed by atoms with Gasteiger partial charge < -0.3 is 40.4 Å². The average Bonchev–Trinajstić information content (AvgIpc) is 2.93. The maximum Gasteiger partial charge on any atom is 0.246 e. The predicted octanol–water partition coefficient (Wildman–Crippen LogP) is 2.92. The van der Waals surface area contributed by atoms with Crippen molar-refractivity contribution in [2.24, 2.45) is 5.73 Å². The fraction of sp³-hybridized carbons (Fsp3) is 0.357. The van der Waals surface area contributed by atoms with Gasteiger partial charge in [-0.05, 0) is 73.4 Å². The Morgan fingerprint density at radius 1 is 0.868 bits per heavy atom. The van der Waals surface area contributed by atoms with Crippen molar-refractivity contribution >= 4 is 24.0 Å². The highest BCUT2D eigenvalue weighted by Gasteiger charge is 2.11. The highest BCUT2D eigenvalue weighted by molar-refractivity contribution is 5.92. The van der Waals surface area contributed by atoms with Crippen molar-refractivity contribution in [3.8, 4) is 28.7 Å². The summed E-state index contributed by atoms with van der Waals surface area (Å²) in [6.07, 6.45) is 8.22. The van der Waals surface area contributed by atoms with Gasteiger partial charge in [0.1, 0.15) is 0 Å². The van der Waals surface area contributed by atoms with Gasteiger partial charge in [0.05, 0.1) is 21.3 Å². The van der Waals surface area contributed by atoms with E-state index in [9.17, 15) is 19.8 Å². The van der Waals surface area contributed by atoms with Crippen LogP contribution in [0.5, 0.6) is 28.7 Å². The maximum absolute atomic E-state index is 12.8. The number of rotatable bonds is 15. The van der Waals surface area contributed by atoms with E-state index < -0.39 is 0 Å². The smallest absolute Gasteiger partial charge is 0.246 e. The third kappa shape index (κ3) is 9.36. The summed E-state index contributed by atoms with van der Waals surface area (Å²) in [6, 6.07) is 8.05. The van der Waals surface area contributed by atoms with E-state index in [4.69, 9.17) is 19.9 Å². The molecule has 0 saturated heterocycles. The molecule has 0 saturated carbocycles. The van der Waals surface area contributed by atoms with Gasteiger partial charge >= 0.3 is 0 Å². The van der Waals surface area contributed by atoms with Gasteiger partial charge in [-0.25, -0.2) is 0 Å². The molecule has 2 rings (SSSR count). The monoisotopic (exact) mass is 527 g/mol. The first kappa shape index (κ1) is 30.0. The Balaban J connectivity index is 1.84. The van der Waals surface area contributed by atoms with E-state index in [1.807, 2.05) is 0 Å². The Hall–Kier alpha value is -4.18. The number of unbranched alkanes of at least 4 members (excludes halogenated alkanes) is 1. The summed E-state index contributed by atoms with van der Waals surface area (Å²) >= 11 is 0. The van der Waals surface area contributed by atoms with Crippen molar-refractivity contribution in [2.75, 3.05) is 47.5 Å². The molecule has 5 N–H and O–H groups in total. The fourth-order valence-corrected chi connectivity index (χ4v) is 3.57. The number of aromatic hydroxyl groups is 2. The second-order valence-electron chi connectivity index (χ2n) is 8.34. The summed E-state index contributed by atoms with van der Waals surface area (Å²) in [5.41, 5.74) is 7.00. The summed E-state index contributed by atoms with van der Waals surface area (Å²) in [5, 5.41) is 22.5. The van der Waals surface area contributed by atoms with Gasteiger partial charge in [0.2, 0.25) is 17.6 Å². The number of hydrogen-bond acceptors (Lipinski definition) is 8. The van der Waals surface area contributed by atoms with E-state index in [-0.39, 0.29) is 34.8 Å². The zero-order chi connectivity index (χ0) is 27.9.